The van der Waals surface area contributed by atoms with Crippen molar-refractivity contribution in [1.82, 2.24) is 15.1 Å². The highest BCUT2D eigenvalue weighted by molar-refractivity contribution is 6.05. The van der Waals surface area contributed by atoms with Gasteiger partial charge in [-0.05, 0) is 78.3 Å². The summed E-state index contributed by atoms with van der Waals surface area (Å²) < 4.78 is 27.9. The number of hydrogen-bond acceptors (Lipinski definition) is 8. The Morgan fingerprint density at radius 3 is 2.38 bits per heavy atom. The molecule has 11 heteroatoms. The van der Waals surface area contributed by atoms with Gasteiger partial charge in [0.1, 0.15) is 23.4 Å². The van der Waals surface area contributed by atoms with Crippen molar-refractivity contribution in [3.05, 3.63) is 119 Å². The lowest BCUT2D eigenvalue weighted by Gasteiger charge is -2.40. The zero-order valence-corrected chi connectivity index (χ0v) is 31.8. The van der Waals surface area contributed by atoms with E-state index in [0.717, 1.165) is 92.5 Å². The van der Waals surface area contributed by atoms with Crippen LogP contribution in [0.25, 0.3) is 0 Å². The standard InChI is InChI=1S/C45H48FN5O5/c1-55-34-9-11-36-41(25-34)56-28-37(30-5-3-2-4-6-30)43(36)31-7-12-39(38(46)24-31)50-17-15-29(16-18-50)26-48-19-21-49(22-20-48)33-8-10-35-32(23-33)27-51(45(35)54)40-13-14-42(52)47-44(40)53/h2-12,23-25,29,37,40,43H,13-22,26-28H2,1H3,(H,47,52,53)/t37-,40-,43-/m0/s1. The molecular weight excluding hydrogens is 710 g/mol. The fourth-order valence-electron chi connectivity index (χ4n) is 9.56. The molecule has 9 rings (SSSR count). The van der Waals surface area contributed by atoms with Gasteiger partial charge in [0.25, 0.3) is 5.91 Å². The van der Waals surface area contributed by atoms with E-state index in [1.54, 1.807) is 18.1 Å². The van der Waals surface area contributed by atoms with Crippen LogP contribution in [0.5, 0.6) is 11.5 Å². The van der Waals surface area contributed by atoms with E-state index in [1.807, 2.05) is 48.5 Å². The molecule has 0 saturated carbocycles. The van der Waals surface area contributed by atoms with Gasteiger partial charge in [-0.1, -0.05) is 42.5 Å². The summed E-state index contributed by atoms with van der Waals surface area (Å²) in [5.41, 5.74) is 6.52. The van der Waals surface area contributed by atoms with E-state index in [4.69, 9.17) is 9.47 Å². The Labute approximate surface area is 327 Å². The molecule has 0 aliphatic carbocycles. The number of piperidine rings is 2. The molecule has 3 saturated heterocycles. The Morgan fingerprint density at radius 2 is 1.62 bits per heavy atom. The third-order valence-corrected chi connectivity index (χ3v) is 12.7. The molecule has 3 atom stereocenters. The van der Waals surface area contributed by atoms with Gasteiger partial charge in [-0.15, -0.1) is 0 Å². The number of carbonyl (C=O) groups is 3. The van der Waals surface area contributed by atoms with Crippen molar-refractivity contribution in [2.75, 3.05) is 69.3 Å². The summed E-state index contributed by atoms with van der Waals surface area (Å²) in [7, 11) is 1.65. The van der Waals surface area contributed by atoms with Crippen molar-refractivity contribution in [3.8, 4) is 11.5 Å². The maximum absolute atomic E-state index is 16.1. The van der Waals surface area contributed by atoms with Crippen molar-refractivity contribution in [2.45, 2.75) is 50.1 Å². The van der Waals surface area contributed by atoms with Crippen LogP contribution in [0.3, 0.4) is 0 Å². The molecule has 5 heterocycles. The predicted molar refractivity (Wildman–Crippen MR) is 212 cm³/mol. The molecule has 0 aromatic heterocycles. The van der Waals surface area contributed by atoms with Gasteiger partial charge >= 0.3 is 0 Å². The number of anilines is 2. The Balaban J connectivity index is 0.798. The van der Waals surface area contributed by atoms with Crippen LogP contribution in [0.4, 0.5) is 15.8 Å². The van der Waals surface area contributed by atoms with Crippen LogP contribution < -0.4 is 24.6 Å². The molecule has 0 bridgehead atoms. The maximum atomic E-state index is 16.1. The number of halogens is 1. The molecule has 10 nitrogen and oxygen atoms in total. The van der Waals surface area contributed by atoms with E-state index in [0.29, 0.717) is 36.7 Å². The lowest BCUT2D eigenvalue weighted by Crippen LogP contribution is -2.52. The van der Waals surface area contributed by atoms with Crippen molar-refractivity contribution in [2.24, 2.45) is 5.92 Å². The molecule has 290 valence electrons. The Morgan fingerprint density at radius 1 is 0.821 bits per heavy atom. The number of nitrogens with zero attached hydrogens (tertiary/aromatic N) is 4. The number of benzene rings is 4. The topological polar surface area (TPSA) is 94.7 Å². The minimum Gasteiger partial charge on any atom is -0.497 e. The van der Waals surface area contributed by atoms with E-state index in [1.165, 1.54) is 5.56 Å². The summed E-state index contributed by atoms with van der Waals surface area (Å²) in [6.07, 6.45) is 2.66. The molecule has 5 aliphatic heterocycles. The van der Waals surface area contributed by atoms with Crippen LogP contribution in [0.1, 0.15) is 70.1 Å². The van der Waals surface area contributed by atoms with Crippen molar-refractivity contribution >= 4 is 29.1 Å². The molecule has 0 radical (unpaired) electrons. The highest BCUT2D eigenvalue weighted by Crippen LogP contribution is 2.47. The zero-order valence-electron chi connectivity index (χ0n) is 31.8. The minimum atomic E-state index is -0.606. The summed E-state index contributed by atoms with van der Waals surface area (Å²) in [5, 5.41) is 2.38. The first-order chi connectivity index (χ1) is 27.3. The van der Waals surface area contributed by atoms with Crippen molar-refractivity contribution < 1.29 is 28.2 Å². The number of imide groups is 1. The van der Waals surface area contributed by atoms with Crippen LogP contribution in [-0.2, 0) is 16.1 Å². The van der Waals surface area contributed by atoms with E-state index < -0.39 is 6.04 Å². The van der Waals surface area contributed by atoms with Gasteiger partial charge in [-0.2, -0.15) is 0 Å². The average Bonchev–Trinajstić information content (AvgIpc) is 3.55. The quantitative estimate of drug-likeness (QED) is 0.221. The van der Waals surface area contributed by atoms with E-state index in [-0.39, 0.29) is 41.8 Å². The van der Waals surface area contributed by atoms with Gasteiger partial charge in [-0.25, -0.2) is 4.39 Å². The lowest BCUT2D eigenvalue weighted by molar-refractivity contribution is -0.136. The Bertz CT molecular complexity index is 2130. The molecule has 56 heavy (non-hydrogen) atoms. The van der Waals surface area contributed by atoms with Gasteiger partial charge in [0.15, 0.2) is 0 Å². The van der Waals surface area contributed by atoms with Crippen molar-refractivity contribution in [3.63, 3.8) is 0 Å². The first kappa shape index (κ1) is 36.2. The summed E-state index contributed by atoms with van der Waals surface area (Å²) in [4.78, 5) is 46.0. The fourth-order valence-corrected chi connectivity index (χ4v) is 9.56. The molecule has 0 spiro atoms. The summed E-state index contributed by atoms with van der Waals surface area (Å²) in [5.74, 6) is 1.11. The molecule has 5 aliphatic rings. The van der Waals surface area contributed by atoms with Crippen LogP contribution in [0.15, 0.2) is 84.9 Å². The zero-order chi connectivity index (χ0) is 38.3. The molecule has 0 unspecified atom stereocenters. The second kappa shape index (κ2) is 15.3. The van der Waals surface area contributed by atoms with E-state index in [2.05, 4.69) is 50.3 Å². The third-order valence-electron chi connectivity index (χ3n) is 12.7. The number of carbonyl (C=O) groups excluding carboxylic acids is 3. The minimum absolute atomic E-state index is 0.0518. The van der Waals surface area contributed by atoms with Gasteiger partial charge < -0.3 is 24.2 Å². The number of hydrogen-bond donors (Lipinski definition) is 1. The second-order valence-corrected chi connectivity index (χ2v) is 15.9. The first-order valence-electron chi connectivity index (χ1n) is 20.0. The molecule has 3 amide bonds. The third kappa shape index (κ3) is 6.97. The number of ether oxygens (including phenoxy) is 2. The van der Waals surface area contributed by atoms with Gasteiger partial charge in [0.05, 0.1) is 19.4 Å². The van der Waals surface area contributed by atoms with Crippen LogP contribution in [-0.4, -0.2) is 93.1 Å². The largest absolute Gasteiger partial charge is 0.497 e. The van der Waals surface area contributed by atoms with Crippen LogP contribution >= 0.6 is 0 Å². The lowest BCUT2D eigenvalue weighted by atomic mass is 9.76. The first-order valence-corrected chi connectivity index (χ1v) is 20.0. The SMILES string of the molecule is COc1ccc2c(c1)OC[C@@H](c1ccccc1)[C@H]2c1ccc(N2CCC(CN3CCN(c4ccc5c(c4)CN([C@H]4CCC(=O)NC4=O)C5=O)CC3)CC2)c(F)c1. The van der Waals surface area contributed by atoms with E-state index in [9.17, 15) is 14.4 Å². The summed E-state index contributed by atoms with van der Waals surface area (Å²) >= 11 is 0. The number of amides is 3. The van der Waals surface area contributed by atoms with Gasteiger partial charge in [0, 0.05) is 93.5 Å². The van der Waals surface area contributed by atoms with Gasteiger partial charge in [-0.3, -0.25) is 24.6 Å². The molecule has 4 aromatic rings. The number of piperazine rings is 1. The smallest absolute Gasteiger partial charge is 0.255 e. The summed E-state index contributed by atoms with van der Waals surface area (Å²) in [6.45, 7) is 7.31. The molecule has 3 fully saturated rings. The van der Waals surface area contributed by atoms with Gasteiger partial charge in [0.2, 0.25) is 11.8 Å². The van der Waals surface area contributed by atoms with Crippen LogP contribution in [0, 0.1) is 11.7 Å². The molecule has 4 aromatic carbocycles. The average molecular weight is 758 g/mol. The number of fused-ring (bicyclic) bond motifs is 2. The monoisotopic (exact) mass is 757 g/mol. The second-order valence-electron chi connectivity index (χ2n) is 15.9. The van der Waals surface area contributed by atoms with Crippen molar-refractivity contribution in [1.29, 1.82) is 0 Å². The highest BCUT2D eigenvalue weighted by Gasteiger charge is 2.40. The highest BCUT2D eigenvalue weighted by atomic mass is 19.1. The predicted octanol–water partition coefficient (Wildman–Crippen LogP) is 5.94. The Hall–Kier alpha value is -5.42. The van der Waals surface area contributed by atoms with Crippen LogP contribution in [0.2, 0.25) is 0 Å². The molecular formula is C45H48FN5O5. The maximum Gasteiger partial charge on any atom is 0.255 e. The Kier molecular flexibility index (Phi) is 9.87. The number of rotatable bonds is 8. The number of nitrogens with one attached hydrogen (secondary N) is 1. The van der Waals surface area contributed by atoms with E-state index >= 15 is 4.39 Å². The fraction of sp³-hybridized carbons (Fsp3) is 0.400. The summed E-state index contributed by atoms with van der Waals surface area (Å²) in [6, 6.07) is 27.5. The molecule has 1 N–H and O–H groups in total. The normalized spacial score (nSPS) is 23.1. The number of methoxy groups -OCH3 is 1.